The van der Waals surface area contributed by atoms with E-state index in [2.05, 4.69) is 5.32 Å². The predicted octanol–water partition coefficient (Wildman–Crippen LogP) is 6.07. The Hall–Kier alpha value is -3.02. The number of ether oxygens (including phenoxy) is 1. The van der Waals surface area contributed by atoms with Crippen molar-refractivity contribution in [3.63, 3.8) is 0 Å². The fraction of sp³-hybridized carbons (Fsp3) is 0.310. The standard InChI is InChI=1S/C29H30Cl2N2O3/c30-23-15-13-22(14-16-23)19-33(28(34)20-36-26-12-6-9-24(31)18-26)27(17-21-7-2-1-3-8-21)29(35)32-25-10-4-5-11-25/h1-3,6-9,12-16,18,25,27H,4-5,10-11,17,19-20H2,(H,32,35)/t27-/m0/s1. The summed E-state index contributed by atoms with van der Waals surface area (Å²) in [6, 6.07) is 23.4. The van der Waals surface area contributed by atoms with Crippen molar-refractivity contribution in [2.45, 2.75) is 50.7 Å². The molecule has 0 bridgehead atoms. The van der Waals surface area contributed by atoms with Crippen LogP contribution < -0.4 is 10.1 Å². The summed E-state index contributed by atoms with van der Waals surface area (Å²) in [4.78, 5) is 28.9. The van der Waals surface area contributed by atoms with E-state index in [0.717, 1.165) is 36.8 Å². The molecule has 1 aliphatic rings. The predicted molar refractivity (Wildman–Crippen MR) is 143 cm³/mol. The molecule has 0 aromatic heterocycles. The molecular formula is C29H30Cl2N2O3. The van der Waals surface area contributed by atoms with E-state index in [1.807, 2.05) is 42.5 Å². The first-order chi connectivity index (χ1) is 17.5. The van der Waals surface area contributed by atoms with Gasteiger partial charge in [-0.25, -0.2) is 0 Å². The number of rotatable bonds is 10. The fourth-order valence-electron chi connectivity index (χ4n) is 4.49. The highest BCUT2D eigenvalue weighted by atomic mass is 35.5. The lowest BCUT2D eigenvalue weighted by Gasteiger charge is -2.32. The summed E-state index contributed by atoms with van der Waals surface area (Å²) in [7, 11) is 0. The first-order valence-corrected chi connectivity index (χ1v) is 13.0. The Morgan fingerprint density at radius 1 is 0.889 bits per heavy atom. The zero-order valence-electron chi connectivity index (χ0n) is 20.0. The highest BCUT2D eigenvalue weighted by molar-refractivity contribution is 6.30. The van der Waals surface area contributed by atoms with Crippen LogP contribution in [0.1, 0.15) is 36.8 Å². The van der Waals surface area contributed by atoms with Gasteiger partial charge >= 0.3 is 0 Å². The number of carbonyl (C=O) groups excluding carboxylic acids is 2. The number of hydrogen-bond donors (Lipinski definition) is 1. The molecule has 1 fully saturated rings. The molecule has 1 atom stereocenters. The lowest BCUT2D eigenvalue weighted by molar-refractivity contribution is -0.143. The van der Waals surface area contributed by atoms with E-state index in [0.29, 0.717) is 22.2 Å². The topological polar surface area (TPSA) is 58.6 Å². The Bertz CT molecular complexity index is 1150. The lowest BCUT2D eigenvalue weighted by atomic mass is 10.0. The molecule has 1 N–H and O–H groups in total. The van der Waals surface area contributed by atoms with Gasteiger partial charge in [-0.2, -0.15) is 0 Å². The number of hydrogen-bond acceptors (Lipinski definition) is 3. The van der Waals surface area contributed by atoms with Crippen molar-refractivity contribution in [2.75, 3.05) is 6.61 Å². The van der Waals surface area contributed by atoms with Gasteiger partial charge in [-0.05, 0) is 54.3 Å². The third-order valence-electron chi connectivity index (χ3n) is 6.40. The smallest absolute Gasteiger partial charge is 0.261 e. The van der Waals surface area contributed by atoms with Gasteiger partial charge in [-0.1, -0.05) is 84.6 Å². The first-order valence-electron chi connectivity index (χ1n) is 12.2. The quantitative estimate of drug-likeness (QED) is 0.350. The van der Waals surface area contributed by atoms with Crippen LogP contribution in [0, 0.1) is 0 Å². The second-order valence-corrected chi connectivity index (χ2v) is 9.96. The van der Waals surface area contributed by atoms with Crippen molar-refractivity contribution in [3.8, 4) is 5.75 Å². The summed E-state index contributed by atoms with van der Waals surface area (Å²) in [5, 5.41) is 4.33. The molecule has 188 valence electrons. The van der Waals surface area contributed by atoms with Crippen molar-refractivity contribution in [2.24, 2.45) is 0 Å². The van der Waals surface area contributed by atoms with Gasteiger partial charge in [-0.3, -0.25) is 9.59 Å². The van der Waals surface area contributed by atoms with E-state index in [4.69, 9.17) is 27.9 Å². The molecule has 0 radical (unpaired) electrons. The molecule has 1 saturated carbocycles. The number of amides is 2. The van der Waals surface area contributed by atoms with Crippen LogP contribution in [0.2, 0.25) is 10.0 Å². The third-order valence-corrected chi connectivity index (χ3v) is 6.88. The molecular weight excluding hydrogens is 495 g/mol. The highest BCUT2D eigenvalue weighted by Gasteiger charge is 2.32. The molecule has 0 saturated heterocycles. The number of halogens is 2. The van der Waals surface area contributed by atoms with Gasteiger partial charge in [0.1, 0.15) is 11.8 Å². The maximum Gasteiger partial charge on any atom is 0.261 e. The molecule has 0 unspecified atom stereocenters. The van der Waals surface area contributed by atoms with Crippen molar-refractivity contribution >= 4 is 35.0 Å². The minimum Gasteiger partial charge on any atom is -0.484 e. The van der Waals surface area contributed by atoms with Crippen molar-refractivity contribution in [1.82, 2.24) is 10.2 Å². The van der Waals surface area contributed by atoms with Gasteiger partial charge < -0.3 is 15.0 Å². The van der Waals surface area contributed by atoms with Gasteiger partial charge in [-0.15, -0.1) is 0 Å². The van der Waals surface area contributed by atoms with Crippen LogP contribution in [0.4, 0.5) is 0 Å². The Morgan fingerprint density at radius 3 is 2.31 bits per heavy atom. The van der Waals surface area contributed by atoms with Gasteiger partial charge in [0, 0.05) is 29.1 Å². The molecule has 0 heterocycles. The molecule has 0 spiro atoms. The van der Waals surface area contributed by atoms with Crippen LogP contribution in [0.25, 0.3) is 0 Å². The van der Waals surface area contributed by atoms with Crippen molar-refractivity contribution < 1.29 is 14.3 Å². The fourth-order valence-corrected chi connectivity index (χ4v) is 4.80. The molecule has 0 aliphatic heterocycles. The zero-order valence-corrected chi connectivity index (χ0v) is 21.5. The number of carbonyl (C=O) groups is 2. The molecule has 3 aromatic carbocycles. The van der Waals surface area contributed by atoms with Crippen LogP contribution in [0.3, 0.4) is 0 Å². The van der Waals surface area contributed by atoms with E-state index in [1.54, 1.807) is 41.3 Å². The van der Waals surface area contributed by atoms with Crippen LogP contribution in [-0.4, -0.2) is 35.4 Å². The Kier molecular flexibility index (Phi) is 9.26. The van der Waals surface area contributed by atoms with E-state index in [1.165, 1.54) is 0 Å². The van der Waals surface area contributed by atoms with Crippen molar-refractivity contribution in [1.29, 1.82) is 0 Å². The first kappa shape index (κ1) is 26.1. The molecule has 7 heteroatoms. The van der Waals surface area contributed by atoms with Crippen LogP contribution in [0.5, 0.6) is 5.75 Å². The average molecular weight is 525 g/mol. The molecule has 4 rings (SSSR count). The monoisotopic (exact) mass is 524 g/mol. The molecule has 36 heavy (non-hydrogen) atoms. The maximum absolute atomic E-state index is 13.6. The SMILES string of the molecule is O=C(NC1CCCC1)[C@H](Cc1ccccc1)N(Cc1ccc(Cl)cc1)C(=O)COc1cccc(Cl)c1. The Labute approximate surface area is 222 Å². The summed E-state index contributed by atoms with van der Waals surface area (Å²) in [5.41, 5.74) is 1.86. The van der Waals surface area contributed by atoms with Crippen molar-refractivity contribution in [3.05, 3.63) is 100 Å². The molecule has 1 aliphatic carbocycles. The van der Waals surface area contributed by atoms with Gasteiger partial charge in [0.05, 0.1) is 0 Å². The number of nitrogens with one attached hydrogen (secondary N) is 1. The van der Waals surface area contributed by atoms with E-state index < -0.39 is 6.04 Å². The van der Waals surface area contributed by atoms with Gasteiger partial charge in [0.15, 0.2) is 6.61 Å². The van der Waals surface area contributed by atoms with Gasteiger partial charge in [0.2, 0.25) is 5.91 Å². The summed E-state index contributed by atoms with van der Waals surface area (Å²) < 4.78 is 5.77. The second-order valence-electron chi connectivity index (χ2n) is 9.09. The lowest BCUT2D eigenvalue weighted by Crippen LogP contribution is -2.53. The van der Waals surface area contributed by atoms with Crippen LogP contribution >= 0.6 is 23.2 Å². The van der Waals surface area contributed by atoms with E-state index in [9.17, 15) is 9.59 Å². The average Bonchev–Trinajstić information content (AvgIpc) is 3.39. The normalized spacial score (nSPS) is 14.3. The minimum absolute atomic E-state index is 0.143. The summed E-state index contributed by atoms with van der Waals surface area (Å²) in [6.45, 7) is 0.0421. The largest absolute Gasteiger partial charge is 0.484 e. The van der Waals surface area contributed by atoms with Crippen LogP contribution in [-0.2, 0) is 22.6 Å². The summed E-state index contributed by atoms with van der Waals surface area (Å²) in [6.07, 6.45) is 4.54. The summed E-state index contributed by atoms with van der Waals surface area (Å²) >= 11 is 12.1. The second kappa shape index (κ2) is 12.8. The molecule has 3 aromatic rings. The Balaban J connectivity index is 1.60. The van der Waals surface area contributed by atoms with E-state index in [-0.39, 0.29) is 31.0 Å². The number of benzene rings is 3. The summed E-state index contributed by atoms with van der Waals surface area (Å²) in [5.74, 6) is 0.0700. The van der Waals surface area contributed by atoms with Crippen LogP contribution in [0.15, 0.2) is 78.9 Å². The van der Waals surface area contributed by atoms with Gasteiger partial charge in [0.25, 0.3) is 5.91 Å². The van der Waals surface area contributed by atoms with E-state index >= 15 is 0 Å². The highest BCUT2D eigenvalue weighted by Crippen LogP contribution is 2.21. The molecule has 2 amide bonds. The molecule has 5 nitrogen and oxygen atoms in total. The Morgan fingerprint density at radius 2 is 1.61 bits per heavy atom. The third kappa shape index (κ3) is 7.49. The maximum atomic E-state index is 13.6. The zero-order chi connectivity index (χ0) is 25.3. The minimum atomic E-state index is -0.695. The number of nitrogens with zero attached hydrogens (tertiary/aromatic N) is 1.